The van der Waals surface area contributed by atoms with Crippen molar-refractivity contribution in [1.29, 1.82) is 0 Å². The largest absolute Gasteiger partial charge is 0.468 e. The molecule has 2 atom stereocenters. The van der Waals surface area contributed by atoms with E-state index in [1.165, 1.54) is 7.11 Å². The maximum absolute atomic E-state index is 12.1. The minimum atomic E-state index is -0.546. The van der Waals surface area contributed by atoms with E-state index in [9.17, 15) is 4.79 Å². The van der Waals surface area contributed by atoms with Crippen LogP contribution >= 0.6 is 0 Å². The third-order valence-corrected chi connectivity index (χ3v) is 4.95. The molecule has 3 rings (SSSR count). The molecule has 6 heteroatoms. The molecule has 6 nitrogen and oxygen atoms in total. The number of hydrogen-bond donors (Lipinski definition) is 1. The zero-order valence-electron chi connectivity index (χ0n) is 14.4. The molecule has 2 fully saturated rings. The van der Waals surface area contributed by atoms with Gasteiger partial charge in [-0.3, -0.25) is 10.3 Å². The van der Waals surface area contributed by atoms with E-state index >= 15 is 0 Å². The number of rotatable bonds is 5. The van der Waals surface area contributed by atoms with E-state index in [1.54, 1.807) is 18.5 Å². The molecule has 24 heavy (non-hydrogen) atoms. The highest BCUT2D eigenvalue weighted by Crippen LogP contribution is 2.39. The Morgan fingerprint density at radius 2 is 2.29 bits per heavy atom. The molecule has 2 aliphatic rings. The number of carbonyl (C=O) groups is 1. The van der Waals surface area contributed by atoms with Crippen LogP contribution in [-0.2, 0) is 19.0 Å². The number of nitrogens with one attached hydrogen (secondary N) is 1. The summed E-state index contributed by atoms with van der Waals surface area (Å²) in [5, 5.41) is 3.24. The normalized spacial score (nSPS) is 31.1. The van der Waals surface area contributed by atoms with Crippen molar-refractivity contribution in [2.24, 2.45) is 5.92 Å². The predicted octanol–water partition coefficient (Wildman–Crippen LogP) is 2.21. The summed E-state index contributed by atoms with van der Waals surface area (Å²) < 4.78 is 17.1. The van der Waals surface area contributed by atoms with Crippen LogP contribution in [-0.4, -0.2) is 43.1 Å². The van der Waals surface area contributed by atoms with Gasteiger partial charge in [0.25, 0.3) is 0 Å². The number of ether oxygens (including phenoxy) is 3. The molecule has 1 saturated carbocycles. The maximum atomic E-state index is 12.1. The van der Waals surface area contributed by atoms with Gasteiger partial charge in [-0.25, -0.2) is 4.79 Å². The van der Waals surface area contributed by atoms with E-state index in [2.05, 4.69) is 17.2 Å². The molecule has 132 valence electrons. The highest BCUT2D eigenvalue weighted by Gasteiger charge is 2.43. The molecule has 1 aliphatic heterocycles. The zero-order chi connectivity index (χ0) is 17.0. The summed E-state index contributed by atoms with van der Waals surface area (Å²) in [5.41, 5.74) is 0.782. The van der Waals surface area contributed by atoms with Gasteiger partial charge in [0, 0.05) is 31.8 Å². The van der Waals surface area contributed by atoms with E-state index in [1.807, 2.05) is 6.07 Å². The molecule has 1 spiro atoms. The Balaban J connectivity index is 1.57. The van der Waals surface area contributed by atoms with Crippen molar-refractivity contribution < 1.29 is 19.0 Å². The minimum absolute atomic E-state index is 0.0535. The second-order valence-electron chi connectivity index (χ2n) is 6.79. The van der Waals surface area contributed by atoms with Crippen LogP contribution in [0.15, 0.2) is 24.5 Å². The van der Waals surface area contributed by atoms with Crippen molar-refractivity contribution in [2.45, 2.75) is 50.5 Å². The highest BCUT2D eigenvalue weighted by molar-refractivity contribution is 5.77. The lowest BCUT2D eigenvalue weighted by Crippen LogP contribution is -2.39. The Labute approximate surface area is 142 Å². The van der Waals surface area contributed by atoms with E-state index in [0.29, 0.717) is 13.2 Å². The lowest BCUT2D eigenvalue weighted by molar-refractivity contribution is -0.191. The molecule has 0 amide bonds. The van der Waals surface area contributed by atoms with Crippen LogP contribution in [0.25, 0.3) is 0 Å². The van der Waals surface area contributed by atoms with Crippen molar-refractivity contribution >= 4 is 5.97 Å². The standard InChI is InChI=1S/C18H26N2O4/c1-13-5-7-18(8-6-13)23-12-15(24-18)11-20-16(17(21)22-2)14-4-3-9-19-10-14/h3-4,9-10,13,15-16,20H,5-8,11-12H2,1-2H3. The zero-order valence-corrected chi connectivity index (χ0v) is 14.4. The predicted molar refractivity (Wildman–Crippen MR) is 88.2 cm³/mol. The van der Waals surface area contributed by atoms with Gasteiger partial charge in [-0.05, 0) is 30.4 Å². The van der Waals surface area contributed by atoms with Gasteiger partial charge in [0.1, 0.15) is 6.04 Å². The number of nitrogens with zero attached hydrogens (tertiary/aromatic N) is 1. The fourth-order valence-corrected chi connectivity index (χ4v) is 3.43. The molecule has 0 aromatic carbocycles. The monoisotopic (exact) mass is 334 g/mol. The molecular weight excluding hydrogens is 308 g/mol. The van der Waals surface area contributed by atoms with Crippen LogP contribution < -0.4 is 5.32 Å². The second-order valence-corrected chi connectivity index (χ2v) is 6.79. The maximum Gasteiger partial charge on any atom is 0.327 e. The quantitative estimate of drug-likeness (QED) is 0.833. The van der Waals surface area contributed by atoms with Gasteiger partial charge in [0.15, 0.2) is 5.79 Å². The summed E-state index contributed by atoms with van der Waals surface area (Å²) in [5.74, 6) is 0.00546. The van der Waals surface area contributed by atoms with Gasteiger partial charge in [-0.15, -0.1) is 0 Å². The van der Waals surface area contributed by atoms with E-state index < -0.39 is 11.8 Å². The van der Waals surface area contributed by atoms with Gasteiger partial charge in [-0.1, -0.05) is 13.0 Å². The second kappa shape index (κ2) is 7.59. The van der Waals surface area contributed by atoms with Gasteiger partial charge < -0.3 is 14.2 Å². The Hall–Kier alpha value is -1.50. The molecule has 1 aromatic heterocycles. The Morgan fingerprint density at radius 3 is 2.96 bits per heavy atom. The molecule has 2 unspecified atom stereocenters. The fraction of sp³-hybridized carbons (Fsp3) is 0.667. The summed E-state index contributed by atoms with van der Waals surface area (Å²) in [7, 11) is 1.39. The molecule has 2 heterocycles. The molecule has 1 aromatic rings. The summed E-state index contributed by atoms with van der Waals surface area (Å²) in [6.45, 7) is 3.37. The Morgan fingerprint density at radius 1 is 1.50 bits per heavy atom. The molecular formula is C18H26N2O4. The summed E-state index contributed by atoms with van der Waals surface area (Å²) in [6.07, 6.45) is 7.48. The van der Waals surface area contributed by atoms with Gasteiger partial charge in [-0.2, -0.15) is 0 Å². The third-order valence-electron chi connectivity index (χ3n) is 4.95. The molecule has 0 bridgehead atoms. The van der Waals surface area contributed by atoms with Crippen LogP contribution in [0.4, 0.5) is 0 Å². The van der Waals surface area contributed by atoms with E-state index in [-0.39, 0.29) is 12.1 Å². The number of carbonyl (C=O) groups excluding carboxylic acids is 1. The summed E-state index contributed by atoms with van der Waals surface area (Å²) >= 11 is 0. The third kappa shape index (κ3) is 3.94. The van der Waals surface area contributed by atoms with Crippen molar-refractivity contribution in [3.8, 4) is 0 Å². The van der Waals surface area contributed by atoms with Crippen LogP contribution in [0.2, 0.25) is 0 Å². The summed E-state index contributed by atoms with van der Waals surface area (Å²) in [6, 6.07) is 3.12. The van der Waals surface area contributed by atoms with E-state index in [0.717, 1.165) is 37.2 Å². The number of esters is 1. The first kappa shape index (κ1) is 17.3. The summed E-state index contributed by atoms with van der Waals surface area (Å²) in [4.78, 5) is 16.1. The van der Waals surface area contributed by atoms with Gasteiger partial charge in [0.2, 0.25) is 0 Å². The molecule has 0 radical (unpaired) electrons. The van der Waals surface area contributed by atoms with Crippen LogP contribution in [0.5, 0.6) is 0 Å². The number of hydrogen-bond acceptors (Lipinski definition) is 6. The van der Waals surface area contributed by atoms with Crippen LogP contribution in [0, 0.1) is 5.92 Å². The van der Waals surface area contributed by atoms with Crippen LogP contribution in [0.3, 0.4) is 0 Å². The molecule has 1 N–H and O–H groups in total. The lowest BCUT2D eigenvalue weighted by Gasteiger charge is -2.34. The molecule has 1 saturated heterocycles. The van der Waals surface area contributed by atoms with Gasteiger partial charge >= 0.3 is 5.97 Å². The van der Waals surface area contributed by atoms with E-state index in [4.69, 9.17) is 14.2 Å². The number of methoxy groups -OCH3 is 1. The van der Waals surface area contributed by atoms with Crippen molar-refractivity contribution in [3.05, 3.63) is 30.1 Å². The van der Waals surface area contributed by atoms with Crippen molar-refractivity contribution in [1.82, 2.24) is 10.3 Å². The fourth-order valence-electron chi connectivity index (χ4n) is 3.43. The SMILES string of the molecule is COC(=O)C(NCC1COC2(CCC(C)CC2)O1)c1cccnc1. The average Bonchev–Trinajstić information content (AvgIpc) is 3.01. The Kier molecular flexibility index (Phi) is 5.48. The first-order valence-electron chi connectivity index (χ1n) is 8.65. The minimum Gasteiger partial charge on any atom is -0.468 e. The van der Waals surface area contributed by atoms with Crippen molar-refractivity contribution in [2.75, 3.05) is 20.3 Å². The number of pyridine rings is 1. The number of aromatic nitrogens is 1. The highest BCUT2D eigenvalue weighted by atomic mass is 16.7. The van der Waals surface area contributed by atoms with Gasteiger partial charge in [0.05, 0.1) is 19.8 Å². The average molecular weight is 334 g/mol. The molecule has 1 aliphatic carbocycles. The topological polar surface area (TPSA) is 69.7 Å². The lowest BCUT2D eigenvalue weighted by atomic mass is 9.86. The first-order valence-corrected chi connectivity index (χ1v) is 8.65. The smallest absolute Gasteiger partial charge is 0.327 e. The van der Waals surface area contributed by atoms with Crippen molar-refractivity contribution in [3.63, 3.8) is 0 Å². The van der Waals surface area contributed by atoms with Crippen LogP contribution in [0.1, 0.15) is 44.2 Å². The first-order chi connectivity index (χ1) is 11.6. The Bertz CT molecular complexity index is 543.